The third-order valence-electron chi connectivity index (χ3n) is 5.01. The zero-order valence-electron chi connectivity index (χ0n) is 17.6. The molecule has 3 heterocycles. The highest BCUT2D eigenvalue weighted by Gasteiger charge is 2.28. The number of hydrogen-bond acceptors (Lipinski definition) is 7. The summed E-state index contributed by atoms with van der Waals surface area (Å²) < 4.78 is 23.5. The number of hydrogen-bond donors (Lipinski definition) is 0. The Morgan fingerprint density at radius 3 is 2.63 bits per heavy atom. The largest absolute Gasteiger partial charge is 0.485 e. The molecule has 0 amide bonds. The van der Waals surface area contributed by atoms with Gasteiger partial charge in [0, 0.05) is 13.1 Å². The zero-order valence-corrected chi connectivity index (χ0v) is 17.6. The van der Waals surface area contributed by atoms with Crippen LogP contribution < -0.4 is 9.64 Å². The van der Waals surface area contributed by atoms with Crippen molar-refractivity contribution in [2.24, 2.45) is 0 Å². The Morgan fingerprint density at radius 1 is 1.13 bits per heavy atom. The number of furan rings is 1. The van der Waals surface area contributed by atoms with E-state index in [9.17, 15) is 5.26 Å². The number of anilines is 1. The molecule has 0 spiro atoms. The van der Waals surface area contributed by atoms with E-state index >= 15 is 0 Å². The van der Waals surface area contributed by atoms with Crippen LogP contribution in [0.3, 0.4) is 0 Å². The van der Waals surface area contributed by atoms with Gasteiger partial charge in [-0.25, -0.2) is 0 Å². The van der Waals surface area contributed by atoms with Crippen LogP contribution >= 0.6 is 0 Å². The quantitative estimate of drug-likeness (QED) is 0.610. The van der Waals surface area contributed by atoms with Crippen molar-refractivity contribution in [3.05, 3.63) is 52.9 Å². The Labute approximate surface area is 175 Å². The van der Waals surface area contributed by atoms with E-state index in [1.165, 1.54) is 0 Å². The Kier molecular flexibility index (Phi) is 5.51. The molecule has 2 atom stereocenters. The van der Waals surface area contributed by atoms with Gasteiger partial charge in [-0.05, 0) is 57.0 Å². The molecule has 30 heavy (non-hydrogen) atoms. The van der Waals surface area contributed by atoms with E-state index in [0.29, 0.717) is 37.1 Å². The van der Waals surface area contributed by atoms with Crippen molar-refractivity contribution >= 4 is 5.88 Å². The van der Waals surface area contributed by atoms with Crippen LogP contribution in [0.15, 0.2) is 39.2 Å². The molecule has 156 valence electrons. The highest BCUT2D eigenvalue weighted by atomic mass is 16.5. The molecule has 0 radical (unpaired) electrons. The van der Waals surface area contributed by atoms with Gasteiger partial charge in [-0.2, -0.15) is 10.2 Å². The average Bonchev–Trinajstić information content (AvgIpc) is 3.34. The van der Waals surface area contributed by atoms with Gasteiger partial charge in [0.25, 0.3) is 5.89 Å². The van der Waals surface area contributed by atoms with Crippen molar-refractivity contribution in [1.29, 1.82) is 5.26 Å². The molecule has 0 aliphatic carbocycles. The second-order valence-electron chi connectivity index (χ2n) is 7.77. The Balaban J connectivity index is 1.51. The molecular formula is C23H25N3O4. The van der Waals surface area contributed by atoms with Crippen LogP contribution in [-0.2, 0) is 11.3 Å². The maximum Gasteiger partial charge on any atom is 0.266 e. The summed E-state index contributed by atoms with van der Waals surface area (Å²) in [4.78, 5) is 6.34. The lowest BCUT2D eigenvalue weighted by molar-refractivity contribution is -0.00639. The first-order chi connectivity index (χ1) is 14.4. The standard InChI is InChI=1S/C23H25N3O4/c1-14-5-6-15(2)21(9-14)27-13-18-7-8-20(29-18)22-25-19(10-24)23(30-22)26-11-16(3)28-17(4)12-26/h5-9,16-17H,11-13H2,1-4H3/t16-,17-/m0/s1. The second kappa shape index (κ2) is 8.25. The molecule has 1 fully saturated rings. The fourth-order valence-corrected chi connectivity index (χ4v) is 3.63. The molecule has 7 heteroatoms. The topological polar surface area (TPSA) is 84.7 Å². The summed E-state index contributed by atoms with van der Waals surface area (Å²) in [6.07, 6.45) is 0.0950. The summed E-state index contributed by atoms with van der Waals surface area (Å²) in [6.45, 7) is 9.61. The number of rotatable bonds is 5. The molecule has 0 bridgehead atoms. The number of nitriles is 1. The summed E-state index contributed by atoms with van der Waals surface area (Å²) >= 11 is 0. The van der Waals surface area contributed by atoms with Gasteiger partial charge < -0.3 is 23.2 Å². The van der Waals surface area contributed by atoms with Gasteiger partial charge in [-0.1, -0.05) is 12.1 Å². The minimum atomic E-state index is 0.0475. The van der Waals surface area contributed by atoms with Crippen molar-refractivity contribution in [2.75, 3.05) is 18.0 Å². The van der Waals surface area contributed by atoms with E-state index in [2.05, 4.69) is 17.1 Å². The molecule has 1 aromatic carbocycles. The smallest absolute Gasteiger partial charge is 0.266 e. The SMILES string of the molecule is Cc1ccc(C)c(OCc2ccc(-c3nc(C#N)c(N4C[C@H](C)O[C@@H](C)C4)o3)o2)c1. The molecular weight excluding hydrogens is 382 g/mol. The fourth-order valence-electron chi connectivity index (χ4n) is 3.63. The van der Waals surface area contributed by atoms with E-state index in [0.717, 1.165) is 16.9 Å². The number of morpholine rings is 1. The van der Waals surface area contributed by atoms with E-state index < -0.39 is 0 Å². The third kappa shape index (κ3) is 4.19. The van der Waals surface area contributed by atoms with Crippen LogP contribution in [-0.4, -0.2) is 30.3 Å². The first-order valence-electron chi connectivity index (χ1n) is 10.0. The van der Waals surface area contributed by atoms with Crippen LogP contribution in [0.5, 0.6) is 5.75 Å². The number of aryl methyl sites for hydroxylation is 2. The van der Waals surface area contributed by atoms with Crippen LogP contribution in [0, 0.1) is 25.2 Å². The summed E-state index contributed by atoms with van der Waals surface area (Å²) in [5, 5.41) is 9.52. The van der Waals surface area contributed by atoms with Gasteiger partial charge in [0.15, 0.2) is 5.76 Å². The summed E-state index contributed by atoms with van der Waals surface area (Å²) in [5.74, 6) is 2.68. The lowest BCUT2D eigenvalue weighted by atomic mass is 10.1. The van der Waals surface area contributed by atoms with Crippen molar-refractivity contribution in [2.45, 2.75) is 46.5 Å². The Morgan fingerprint density at radius 2 is 1.90 bits per heavy atom. The average molecular weight is 407 g/mol. The van der Waals surface area contributed by atoms with E-state index in [1.807, 2.05) is 50.8 Å². The predicted octanol–water partition coefficient (Wildman–Crippen LogP) is 4.62. The fraction of sp³-hybridized carbons (Fsp3) is 0.391. The summed E-state index contributed by atoms with van der Waals surface area (Å²) in [6, 6.07) is 11.8. The molecule has 4 rings (SSSR count). The molecule has 1 aliphatic rings. The predicted molar refractivity (Wildman–Crippen MR) is 111 cm³/mol. The van der Waals surface area contributed by atoms with Crippen molar-refractivity contribution < 1.29 is 18.3 Å². The molecule has 1 aliphatic heterocycles. The van der Waals surface area contributed by atoms with Gasteiger partial charge in [0.1, 0.15) is 24.2 Å². The number of benzene rings is 1. The Hall–Kier alpha value is -3.24. The highest BCUT2D eigenvalue weighted by Crippen LogP contribution is 2.31. The maximum absolute atomic E-state index is 9.52. The molecule has 2 aromatic heterocycles. The van der Waals surface area contributed by atoms with Crippen LogP contribution in [0.2, 0.25) is 0 Å². The number of aromatic nitrogens is 1. The molecule has 0 saturated carbocycles. The van der Waals surface area contributed by atoms with Gasteiger partial charge >= 0.3 is 0 Å². The van der Waals surface area contributed by atoms with Crippen molar-refractivity contribution in [1.82, 2.24) is 4.98 Å². The monoisotopic (exact) mass is 407 g/mol. The lowest BCUT2D eigenvalue weighted by Crippen LogP contribution is -2.45. The normalized spacial score (nSPS) is 19.0. The second-order valence-corrected chi connectivity index (χ2v) is 7.77. The molecule has 7 nitrogen and oxygen atoms in total. The van der Waals surface area contributed by atoms with E-state index in [1.54, 1.807) is 6.07 Å². The summed E-state index contributed by atoms with van der Waals surface area (Å²) in [7, 11) is 0. The number of oxazole rings is 1. The minimum Gasteiger partial charge on any atom is -0.485 e. The minimum absolute atomic E-state index is 0.0475. The van der Waals surface area contributed by atoms with Crippen LogP contribution in [0.4, 0.5) is 5.88 Å². The van der Waals surface area contributed by atoms with Gasteiger partial charge in [0.2, 0.25) is 11.6 Å². The molecule has 1 saturated heterocycles. The Bertz CT molecular complexity index is 1070. The zero-order chi connectivity index (χ0) is 21.3. The van der Waals surface area contributed by atoms with Crippen molar-refractivity contribution in [3.63, 3.8) is 0 Å². The van der Waals surface area contributed by atoms with Gasteiger partial charge in [0.05, 0.1) is 12.2 Å². The highest BCUT2D eigenvalue weighted by molar-refractivity contribution is 5.56. The van der Waals surface area contributed by atoms with Crippen LogP contribution in [0.1, 0.15) is 36.4 Å². The number of ether oxygens (including phenoxy) is 2. The third-order valence-corrected chi connectivity index (χ3v) is 5.01. The van der Waals surface area contributed by atoms with Crippen molar-refractivity contribution in [3.8, 4) is 23.5 Å². The van der Waals surface area contributed by atoms with Crippen LogP contribution in [0.25, 0.3) is 11.7 Å². The lowest BCUT2D eigenvalue weighted by Gasteiger charge is -2.34. The van der Waals surface area contributed by atoms with E-state index in [4.69, 9.17) is 18.3 Å². The molecule has 3 aromatic rings. The summed E-state index contributed by atoms with van der Waals surface area (Å²) in [5.41, 5.74) is 2.45. The van der Waals surface area contributed by atoms with E-state index in [-0.39, 0.29) is 23.8 Å². The first-order valence-corrected chi connectivity index (χ1v) is 10.0. The van der Waals surface area contributed by atoms with Gasteiger partial charge in [-0.15, -0.1) is 0 Å². The molecule has 0 N–H and O–H groups in total. The van der Waals surface area contributed by atoms with Gasteiger partial charge in [-0.3, -0.25) is 0 Å². The number of nitrogens with zero attached hydrogens (tertiary/aromatic N) is 3. The molecule has 0 unspecified atom stereocenters. The maximum atomic E-state index is 9.52. The first kappa shape index (κ1) is 20.0.